The third-order valence-electron chi connectivity index (χ3n) is 4.96. The van der Waals surface area contributed by atoms with Gasteiger partial charge in [0.25, 0.3) is 0 Å². The van der Waals surface area contributed by atoms with Crippen LogP contribution in [0.2, 0.25) is 0 Å². The second-order valence-electron chi connectivity index (χ2n) is 6.72. The van der Waals surface area contributed by atoms with E-state index >= 15 is 0 Å². The third kappa shape index (κ3) is 3.15. The number of pyridine rings is 1. The Labute approximate surface area is 156 Å². The molecule has 1 aromatic carbocycles. The van der Waals surface area contributed by atoms with Gasteiger partial charge in [-0.2, -0.15) is 10.4 Å². The second kappa shape index (κ2) is 6.82. The van der Waals surface area contributed by atoms with Crippen LogP contribution in [0.25, 0.3) is 16.6 Å². The topological polar surface area (TPSA) is 92.8 Å². The molecule has 27 heavy (non-hydrogen) atoms. The van der Waals surface area contributed by atoms with Crippen LogP contribution in [0, 0.1) is 11.3 Å². The van der Waals surface area contributed by atoms with Gasteiger partial charge in [-0.05, 0) is 30.5 Å². The molecule has 0 radical (unpaired) electrons. The molecule has 3 aromatic rings. The number of carbonyl (C=O) groups is 1. The summed E-state index contributed by atoms with van der Waals surface area (Å²) in [5.74, 6) is 0.302. The van der Waals surface area contributed by atoms with Crippen LogP contribution in [0.5, 0.6) is 0 Å². The normalized spacial score (nSPS) is 16.0. The van der Waals surface area contributed by atoms with E-state index in [0.717, 1.165) is 22.2 Å². The van der Waals surface area contributed by atoms with Crippen molar-refractivity contribution in [3.8, 4) is 11.8 Å². The van der Waals surface area contributed by atoms with Crippen molar-refractivity contribution < 1.29 is 9.53 Å². The number of aromatic nitrogens is 3. The van der Waals surface area contributed by atoms with Crippen LogP contribution in [0.3, 0.4) is 0 Å². The summed E-state index contributed by atoms with van der Waals surface area (Å²) >= 11 is 0. The van der Waals surface area contributed by atoms with E-state index in [1.807, 2.05) is 24.3 Å². The van der Waals surface area contributed by atoms with Crippen LogP contribution in [-0.4, -0.2) is 33.9 Å². The van der Waals surface area contributed by atoms with Crippen LogP contribution in [0.4, 0.5) is 5.82 Å². The number of benzene rings is 1. The van der Waals surface area contributed by atoms with Gasteiger partial charge in [0, 0.05) is 37.8 Å². The van der Waals surface area contributed by atoms with Crippen molar-refractivity contribution in [2.45, 2.75) is 25.2 Å². The predicted octanol–water partition coefficient (Wildman–Crippen LogP) is 2.95. The molecule has 3 heterocycles. The fourth-order valence-corrected chi connectivity index (χ4v) is 3.50. The molecule has 136 valence electrons. The number of carbonyl (C=O) groups excluding carboxylic acids is 1. The molecular weight excluding hydrogens is 342 g/mol. The summed E-state index contributed by atoms with van der Waals surface area (Å²) in [7, 11) is 0. The number of hydrogen-bond acceptors (Lipinski definition) is 5. The van der Waals surface area contributed by atoms with E-state index in [9.17, 15) is 10.1 Å². The Bertz CT molecular complexity index is 1040. The molecule has 0 unspecified atom stereocenters. The van der Waals surface area contributed by atoms with Crippen molar-refractivity contribution in [3.63, 3.8) is 0 Å². The number of ether oxygens (including phenoxy) is 1. The van der Waals surface area contributed by atoms with Crippen molar-refractivity contribution in [2.75, 3.05) is 18.5 Å². The van der Waals surface area contributed by atoms with Crippen molar-refractivity contribution in [1.29, 1.82) is 5.26 Å². The zero-order chi connectivity index (χ0) is 18.9. The van der Waals surface area contributed by atoms with Crippen LogP contribution in [0.1, 0.15) is 25.3 Å². The third-order valence-corrected chi connectivity index (χ3v) is 4.96. The number of fused-ring (bicyclic) bond motifs is 1. The molecule has 1 saturated heterocycles. The lowest BCUT2D eigenvalue weighted by molar-refractivity contribution is -0.114. The molecule has 1 fully saturated rings. The number of nitrogens with zero attached hydrogens (tertiary/aromatic N) is 4. The average molecular weight is 361 g/mol. The molecule has 0 bridgehead atoms. The molecule has 0 atom stereocenters. The van der Waals surface area contributed by atoms with Crippen molar-refractivity contribution >= 4 is 22.6 Å². The predicted molar refractivity (Wildman–Crippen MR) is 101 cm³/mol. The molecule has 0 saturated carbocycles. The minimum atomic E-state index is -0.528. The fraction of sp³-hybridized carbons (Fsp3) is 0.300. The first-order chi connectivity index (χ1) is 13.1. The number of amides is 1. The van der Waals surface area contributed by atoms with Crippen LogP contribution >= 0.6 is 0 Å². The Balaban J connectivity index is 1.78. The second-order valence-corrected chi connectivity index (χ2v) is 6.72. The van der Waals surface area contributed by atoms with Gasteiger partial charge in [0.1, 0.15) is 5.82 Å². The average Bonchev–Trinajstić information content (AvgIpc) is 3.11. The summed E-state index contributed by atoms with van der Waals surface area (Å²) in [4.78, 5) is 15.5. The highest BCUT2D eigenvalue weighted by Crippen LogP contribution is 2.35. The molecule has 1 aliphatic rings. The molecule has 0 aliphatic carbocycles. The van der Waals surface area contributed by atoms with Gasteiger partial charge in [-0.15, -0.1) is 0 Å². The Morgan fingerprint density at radius 1 is 1.30 bits per heavy atom. The lowest BCUT2D eigenvalue weighted by Crippen LogP contribution is -2.32. The summed E-state index contributed by atoms with van der Waals surface area (Å²) in [6.45, 7) is 2.63. The largest absolute Gasteiger partial charge is 0.381 e. The molecular formula is C20H19N5O2. The van der Waals surface area contributed by atoms with Crippen LogP contribution in [-0.2, 0) is 14.9 Å². The van der Waals surface area contributed by atoms with Gasteiger partial charge in [-0.25, -0.2) is 9.67 Å². The minimum absolute atomic E-state index is 0.176. The van der Waals surface area contributed by atoms with Crippen LogP contribution in [0.15, 0.2) is 42.7 Å². The van der Waals surface area contributed by atoms with Gasteiger partial charge in [0.15, 0.2) is 0 Å². The molecule has 7 heteroatoms. The van der Waals surface area contributed by atoms with E-state index in [2.05, 4.69) is 21.5 Å². The Hall–Kier alpha value is -3.24. The van der Waals surface area contributed by atoms with Crippen molar-refractivity contribution in [3.05, 3.63) is 48.3 Å². The number of rotatable bonds is 3. The van der Waals surface area contributed by atoms with E-state index in [1.54, 1.807) is 23.1 Å². The number of nitriles is 1. The van der Waals surface area contributed by atoms with E-state index in [1.165, 1.54) is 6.92 Å². The lowest BCUT2D eigenvalue weighted by Gasteiger charge is -2.31. The van der Waals surface area contributed by atoms with Crippen molar-refractivity contribution in [1.82, 2.24) is 14.8 Å². The fourth-order valence-electron chi connectivity index (χ4n) is 3.50. The first kappa shape index (κ1) is 17.2. The number of anilines is 1. The van der Waals surface area contributed by atoms with Gasteiger partial charge < -0.3 is 10.1 Å². The maximum absolute atomic E-state index is 11.3. The van der Waals surface area contributed by atoms with Gasteiger partial charge in [0.05, 0.1) is 28.9 Å². The van der Waals surface area contributed by atoms with Gasteiger partial charge in [-0.3, -0.25) is 4.79 Å². The first-order valence-corrected chi connectivity index (χ1v) is 8.83. The highest BCUT2D eigenvalue weighted by atomic mass is 16.5. The zero-order valence-electron chi connectivity index (χ0n) is 15.0. The first-order valence-electron chi connectivity index (χ1n) is 8.83. The van der Waals surface area contributed by atoms with Crippen LogP contribution < -0.4 is 5.32 Å². The van der Waals surface area contributed by atoms with Gasteiger partial charge in [-0.1, -0.05) is 12.1 Å². The molecule has 4 rings (SSSR count). The summed E-state index contributed by atoms with van der Waals surface area (Å²) in [6.07, 6.45) is 4.79. The molecule has 1 amide bonds. The summed E-state index contributed by atoms with van der Waals surface area (Å²) in [5, 5.41) is 17.9. The lowest BCUT2D eigenvalue weighted by atomic mass is 9.75. The Morgan fingerprint density at radius 3 is 2.85 bits per heavy atom. The molecule has 0 spiro atoms. The SMILES string of the molecule is CC(=O)Nc1cc2c(cn1)cnn2-c1cccc(C2(C#N)CCOCC2)c1. The quantitative estimate of drug-likeness (QED) is 0.774. The highest BCUT2D eigenvalue weighted by molar-refractivity contribution is 5.90. The summed E-state index contributed by atoms with van der Waals surface area (Å²) in [5.41, 5.74) is 2.15. The van der Waals surface area contributed by atoms with Gasteiger partial charge >= 0.3 is 0 Å². The minimum Gasteiger partial charge on any atom is -0.381 e. The standard InChI is InChI=1S/C20H19N5O2/c1-14(26)24-19-10-18-15(11-22-19)12-23-25(18)17-4-2-3-16(9-17)20(13-21)5-7-27-8-6-20/h2-4,9-12H,5-8H2,1H3,(H,22,24,26). The maximum atomic E-state index is 11.3. The monoisotopic (exact) mass is 361 g/mol. The summed E-state index contributed by atoms with van der Waals surface area (Å²) in [6, 6.07) is 12.2. The number of hydrogen-bond donors (Lipinski definition) is 1. The Kier molecular flexibility index (Phi) is 4.34. The Morgan fingerprint density at radius 2 is 2.11 bits per heavy atom. The van der Waals surface area contributed by atoms with Crippen molar-refractivity contribution in [2.24, 2.45) is 0 Å². The smallest absolute Gasteiger partial charge is 0.222 e. The zero-order valence-corrected chi connectivity index (χ0v) is 15.0. The van der Waals surface area contributed by atoms with E-state index < -0.39 is 5.41 Å². The molecule has 2 aromatic heterocycles. The van der Waals surface area contributed by atoms with E-state index in [0.29, 0.717) is 31.9 Å². The maximum Gasteiger partial charge on any atom is 0.222 e. The highest BCUT2D eigenvalue weighted by Gasteiger charge is 2.34. The van der Waals surface area contributed by atoms with Gasteiger partial charge in [0.2, 0.25) is 5.91 Å². The molecule has 1 aliphatic heterocycles. The number of nitrogens with one attached hydrogen (secondary N) is 1. The summed E-state index contributed by atoms with van der Waals surface area (Å²) < 4.78 is 7.24. The van der Waals surface area contributed by atoms with E-state index in [-0.39, 0.29) is 5.91 Å². The van der Waals surface area contributed by atoms with E-state index in [4.69, 9.17) is 4.74 Å². The molecule has 1 N–H and O–H groups in total. The molecule has 7 nitrogen and oxygen atoms in total.